The maximum Gasteiger partial charge on any atom is 0.323 e. The fraction of sp³-hybridized carbons (Fsp3) is 0.0870. The van der Waals surface area contributed by atoms with Crippen molar-refractivity contribution in [3.63, 3.8) is 0 Å². The number of urea groups is 1. The molecule has 0 fully saturated rings. The molecule has 0 saturated carbocycles. The zero-order chi connectivity index (χ0) is 23.2. The summed E-state index contributed by atoms with van der Waals surface area (Å²) < 4.78 is 33.5. The number of fused-ring (bicyclic) bond motifs is 1. The zero-order valence-electron chi connectivity index (χ0n) is 17.3. The molecule has 0 spiro atoms. The highest BCUT2D eigenvalue weighted by Gasteiger charge is 2.10. The van der Waals surface area contributed by atoms with Gasteiger partial charge in [-0.05, 0) is 42.5 Å². The minimum atomic E-state index is -0.678. The second-order valence-corrected chi connectivity index (χ2v) is 6.96. The van der Waals surface area contributed by atoms with Crippen LogP contribution in [0.4, 0.5) is 30.8 Å². The number of nitrogens with one attached hydrogen (secondary N) is 3. The first-order valence-electron chi connectivity index (χ1n) is 10.0. The van der Waals surface area contributed by atoms with Crippen LogP contribution in [0, 0.1) is 11.6 Å². The van der Waals surface area contributed by atoms with Crippen LogP contribution in [-0.4, -0.2) is 29.1 Å². The van der Waals surface area contributed by atoms with Gasteiger partial charge in [0.25, 0.3) is 0 Å². The van der Waals surface area contributed by atoms with E-state index in [1.165, 1.54) is 36.4 Å². The van der Waals surface area contributed by atoms with Crippen LogP contribution in [-0.2, 0) is 0 Å². The lowest BCUT2D eigenvalue weighted by molar-refractivity contribution is 0.262. The molecule has 5 N–H and O–H groups in total. The van der Waals surface area contributed by atoms with E-state index in [4.69, 9.17) is 10.5 Å². The number of hydrogen-bond donors (Lipinski definition) is 4. The molecule has 0 radical (unpaired) electrons. The quantitative estimate of drug-likeness (QED) is 0.324. The summed E-state index contributed by atoms with van der Waals surface area (Å²) in [7, 11) is 0. The normalized spacial score (nSPS) is 10.6. The van der Waals surface area contributed by atoms with Gasteiger partial charge in [0.1, 0.15) is 17.4 Å². The molecule has 10 heteroatoms. The number of carbonyl (C=O) groups excluding carboxylic acids is 1. The van der Waals surface area contributed by atoms with Crippen molar-refractivity contribution in [3.05, 3.63) is 78.5 Å². The Labute approximate surface area is 187 Å². The molecule has 0 unspecified atom stereocenters. The average Bonchev–Trinajstić information content (AvgIpc) is 2.79. The average molecular weight is 450 g/mol. The van der Waals surface area contributed by atoms with Crippen LogP contribution in [0.3, 0.4) is 0 Å². The van der Waals surface area contributed by atoms with Gasteiger partial charge in [-0.2, -0.15) is 0 Å². The summed E-state index contributed by atoms with van der Waals surface area (Å²) in [6.07, 6.45) is 1.61. The molecule has 168 valence electrons. The summed E-state index contributed by atoms with van der Waals surface area (Å²) in [5.41, 5.74) is 7.19. The fourth-order valence-electron chi connectivity index (χ4n) is 2.99. The number of anilines is 3. The fourth-order valence-corrected chi connectivity index (χ4v) is 2.99. The highest BCUT2D eigenvalue weighted by atomic mass is 19.1. The molecule has 1 heterocycles. The number of amides is 2. The van der Waals surface area contributed by atoms with E-state index in [1.54, 1.807) is 24.4 Å². The van der Waals surface area contributed by atoms with E-state index < -0.39 is 17.7 Å². The zero-order valence-corrected chi connectivity index (χ0v) is 17.3. The van der Waals surface area contributed by atoms with E-state index in [1.807, 2.05) is 0 Å². The van der Waals surface area contributed by atoms with E-state index in [0.717, 1.165) is 6.07 Å². The monoisotopic (exact) mass is 450 g/mol. The molecule has 0 aliphatic carbocycles. The summed E-state index contributed by atoms with van der Waals surface area (Å²) in [5.74, 6) is -0.249. The molecular formula is C23H20F2N6O2. The number of aromatic nitrogens is 2. The topological polar surface area (TPSA) is 114 Å². The van der Waals surface area contributed by atoms with Crippen molar-refractivity contribution in [2.75, 3.05) is 29.0 Å². The highest BCUT2D eigenvalue weighted by Crippen LogP contribution is 2.28. The molecule has 2 amide bonds. The molecule has 8 nitrogen and oxygen atoms in total. The molecule has 33 heavy (non-hydrogen) atoms. The summed E-state index contributed by atoms with van der Waals surface area (Å²) in [4.78, 5) is 20.8. The van der Waals surface area contributed by atoms with E-state index in [-0.39, 0.29) is 17.1 Å². The summed E-state index contributed by atoms with van der Waals surface area (Å²) in [6, 6.07) is 13.8. The van der Waals surface area contributed by atoms with Gasteiger partial charge in [0.15, 0.2) is 11.6 Å². The molecule has 1 aromatic heterocycles. The first-order chi connectivity index (χ1) is 16.0. The van der Waals surface area contributed by atoms with Gasteiger partial charge >= 0.3 is 6.03 Å². The molecule has 0 aliphatic heterocycles. The van der Waals surface area contributed by atoms with Crippen LogP contribution >= 0.6 is 0 Å². The number of halogens is 2. The second-order valence-electron chi connectivity index (χ2n) is 6.96. The van der Waals surface area contributed by atoms with Crippen molar-refractivity contribution in [1.29, 1.82) is 0 Å². The Morgan fingerprint density at radius 1 is 0.970 bits per heavy atom. The predicted molar refractivity (Wildman–Crippen MR) is 123 cm³/mol. The third kappa shape index (κ3) is 5.69. The minimum Gasteiger partial charge on any atom is -0.454 e. The molecular weight excluding hydrogens is 430 g/mol. The Morgan fingerprint density at radius 2 is 1.79 bits per heavy atom. The maximum absolute atomic E-state index is 14.6. The van der Waals surface area contributed by atoms with Gasteiger partial charge in [0.05, 0.1) is 17.2 Å². The number of hydrogen-bond acceptors (Lipinski definition) is 6. The van der Waals surface area contributed by atoms with Crippen molar-refractivity contribution in [3.8, 4) is 11.5 Å². The van der Waals surface area contributed by atoms with Crippen LogP contribution < -0.4 is 26.4 Å². The summed E-state index contributed by atoms with van der Waals surface area (Å²) in [5, 5.41) is 8.00. The Balaban J connectivity index is 1.44. The van der Waals surface area contributed by atoms with Crippen LogP contribution in [0.25, 0.3) is 11.0 Å². The van der Waals surface area contributed by atoms with Crippen molar-refractivity contribution in [2.45, 2.75) is 0 Å². The summed E-state index contributed by atoms with van der Waals surface area (Å²) in [6.45, 7) is 1.02. The number of nitrogens with zero attached hydrogens (tertiary/aromatic N) is 2. The number of benzene rings is 3. The Hall–Kier alpha value is -4.31. The first kappa shape index (κ1) is 21.9. The lowest BCUT2D eigenvalue weighted by atomic mass is 10.2. The first-order valence-corrected chi connectivity index (χ1v) is 10.0. The number of carbonyl (C=O) groups is 1. The van der Waals surface area contributed by atoms with Crippen LogP contribution in [0.15, 0.2) is 66.9 Å². The summed E-state index contributed by atoms with van der Waals surface area (Å²) >= 11 is 0. The van der Waals surface area contributed by atoms with Crippen molar-refractivity contribution in [2.24, 2.45) is 5.73 Å². The minimum absolute atomic E-state index is 0.0317. The van der Waals surface area contributed by atoms with Crippen molar-refractivity contribution < 1.29 is 18.3 Å². The predicted octanol–water partition coefficient (Wildman–Crippen LogP) is 4.71. The molecule has 3 aromatic carbocycles. The van der Waals surface area contributed by atoms with Gasteiger partial charge in [-0.3, -0.25) is 4.98 Å². The van der Waals surface area contributed by atoms with Crippen LogP contribution in [0.2, 0.25) is 0 Å². The second kappa shape index (κ2) is 9.88. The van der Waals surface area contributed by atoms with Gasteiger partial charge in [0.2, 0.25) is 0 Å². The third-order valence-electron chi connectivity index (χ3n) is 4.46. The highest BCUT2D eigenvalue weighted by molar-refractivity contribution is 5.99. The van der Waals surface area contributed by atoms with E-state index >= 15 is 0 Å². The molecule has 0 bridgehead atoms. The lowest BCUT2D eigenvalue weighted by Crippen LogP contribution is -2.19. The standard InChI is InChI=1S/C23H20F2N6O2/c24-14-2-1-3-15(10-14)29-23(32)30-16-4-7-21(18(25)11-16)33-17-5-6-19-20(12-17)31-22(13-28-19)27-9-8-26/h1-7,10-13H,8-9,26H2,(H,27,31)(H2,29,30,32). The Bertz CT molecular complexity index is 1300. The molecule has 0 atom stereocenters. The van der Waals surface area contributed by atoms with Gasteiger partial charge in [-0.1, -0.05) is 6.07 Å². The Kier molecular flexibility index (Phi) is 6.56. The van der Waals surface area contributed by atoms with Gasteiger partial charge in [-0.15, -0.1) is 0 Å². The molecule has 0 saturated heterocycles. The number of nitrogens with two attached hydrogens (primary N) is 1. The van der Waals surface area contributed by atoms with Crippen molar-refractivity contribution in [1.82, 2.24) is 9.97 Å². The van der Waals surface area contributed by atoms with Crippen LogP contribution in [0.5, 0.6) is 11.5 Å². The van der Waals surface area contributed by atoms with Gasteiger partial charge in [0, 0.05) is 36.6 Å². The molecule has 4 rings (SSSR count). The van der Waals surface area contributed by atoms with Gasteiger partial charge in [-0.25, -0.2) is 18.6 Å². The number of ether oxygens (including phenoxy) is 1. The largest absolute Gasteiger partial charge is 0.454 e. The molecule has 0 aliphatic rings. The number of rotatable bonds is 7. The van der Waals surface area contributed by atoms with Crippen LogP contribution in [0.1, 0.15) is 0 Å². The van der Waals surface area contributed by atoms with Gasteiger partial charge < -0.3 is 26.4 Å². The molecule has 4 aromatic rings. The lowest BCUT2D eigenvalue weighted by Gasteiger charge is -2.11. The SMILES string of the molecule is NCCNc1cnc2ccc(Oc3ccc(NC(=O)Nc4cccc(F)c4)cc3F)cc2n1. The van der Waals surface area contributed by atoms with E-state index in [0.29, 0.717) is 35.7 Å². The van der Waals surface area contributed by atoms with Crippen molar-refractivity contribution >= 4 is 34.3 Å². The van der Waals surface area contributed by atoms with E-state index in [2.05, 4.69) is 25.9 Å². The van der Waals surface area contributed by atoms with E-state index in [9.17, 15) is 13.6 Å². The smallest absolute Gasteiger partial charge is 0.323 e. The maximum atomic E-state index is 14.6. The Morgan fingerprint density at radius 3 is 2.55 bits per heavy atom. The third-order valence-corrected chi connectivity index (χ3v) is 4.46.